The number of aromatic nitrogens is 2. The maximum absolute atomic E-state index is 6.89. The fourth-order valence-corrected chi connectivity index (χ4v) is 6.76. The van der Waals surface area contributed by atoms with Gasteiger partial charge in [0.1, 0.15) is 18.4 Å². The fraction of sp³-hybridized carbons (Fsp3) is 0.625. The summed E-state index contributed by atoms with van der Waals surface area (Å²) >= 11 is 0. The molecule has 3 rings (SSSR count). The Bertz CT molecular complexity index is 857. The number of imidazole rings is 1. The van der Waals surface area contributed by atoms with Crippen molar-refractivity contribution in [3.05, 3.63) is 42.0 Å². The fourth-order valence-electron chi connectivity index (χ4n) is 4.42. The highest BCUT2D eigenvalue weighted by molar-refractivity contribution is 6.78. The van der Waals surface area contributed by atoms with Crippen LogP contribution in [0, 0.1) is 0 Å². The van der Waals surface area contributed by atoms with Gasteiger partial charge in [-0.05, 0) is 34.3 Å². The number of aryl methyl sites for hydroxylation is 1. The van der Waals surface area contributed by atoms with Gasteiger partial charge < -0.3 is 23.0 Å². The van der Waals surface area contributed by atoms with E-state index in [0.717, 1.165) is 18.8 Å². The number of hydrogen-bond acceptors (Lipinski definition) is 2. The molecule has 1 fully saturated rings. The monoisotopic (exact) mass is 478 g/mol. The summed E-state index contributed by atoms with van der Waals surface area (Å²) in [6.07, 6.45) is 7.73. The van der Waals surface area contributed by atoms with Gasteiger partial charge in [-0.1, -0.05) is 53.1 Å². The van der Waals surface area contributed by atoms with Gasteiger partial charge in [0.05, 0.1) is 29.7 Å². The number of hydrogen-bond donors (Lipinski definition) is 1. The molecular weight excluding hydrogens is 436 g/mol. The Morgan fingerprint density at radius 1 is 1.00 bits per heavy atom. The van der Waals surface area contributed by atoms with Gasteiger partial charge in [-0.25, -0.2) is 9.13 Å². The zero-order chi connectivity index (χ0) is 22.4. The minimum absolute atomic E-state index is 0. The van der Waals surface area contributed by atoms with Gasteiger partial charge >= 0.3 is 0 Å². The van der Waals surface area contributed by atoms with E-state index in [9.17, 15) is 0 Å². The van der Waals surface area contributed by atoms with Crippen LogP contribution in [-0.4, -0.2) is 33.8 Å². The molecule has 0 bridgehead atoms. The first-order valence-electron chi connectivity index (χ1n) is 11.5. The number of benzene rings is 1. The second-order valence-electron chi connectivity index (χ2n) is 11.6. The molecular formula is C24H43ClN4Si2. The van der Waals surface area contributed by atoms with Gasteiger partial charge in [0.25, 0.3) is 0 Å². The number of anilines is 2. The number of nitrogen functional groups attached to an aromatic ring is 1. The third kappa shape index (κ3) is 5.58. The van der Waals surface area contributed by atoms with Crippen molar-refractivity contribution < 1.29 is 17.0 Å². The van der Waals surface area contributed by atoms with E-state index in [2.05, 4.69) is 105 Å². The highest BCUT2D eigenvalue weighted by Crippen LogP contribution is 2.41. The van der Waals surface area contributed by atoms with E-state index in [4.69, 9.17) is 5.73 Å². The molecule has 1 aliphatic rings. The molecule has 2 N–H and O–H groups in total. The van der Waals surface area contributed by atoms with E-state index in [1.807, 2.05) is 0 Å². The van der Waals surface area contributed by atoms with Crippen molar-refractivity contribution >= 4 is 27.5 Å². The summed E-state index contributed by atoms with van der Waals surface area (Å²) in [5, 5.41) is 0. The molecule has 0 saturated carbocycles. The van der Waals surface area contributed by atoms with Crippen molar-refractivity contribution in [1.29, 1.82) is 0 Å². The standard InChI is InChI=1S/C24H43N4Si2.ClH/c1-18(29(4,5)6)22-14-21(15-23(24(22)25)19(2)30(7,8)9)27-11-10-20(16-27)28-13-12-26(3)17-28;/h12-15,17-20H,10-11,16,25H2,1-9H3;1H/q+1;/p-1. The summed E-state index contributed by atoms with van der Waals surface area (Å²) in [5.74, 6) is 0. The average molecular weight is 479 g/mol. The van der Waals surface area contributed by atoms with E-state index in [1.165, 1.54) is 23.2 Å². The first-order valence-corrected chi connectivity index (χ1v) is 18.7. The first-order chi connectivity index (χ1) is 13.8. The molecule has 0 radical (unpaired) electrons. The SMILES string of the molecule is CC(c1cc(N2CCC(n3cc[n+](C)c3)C2)cc(C(C)[Si](C)(C)C)c1N)[Si](C)(C)C.[Cl-]. The molecule has 3 atom stereocenters. The Balaban J connectivity index is 0.00000341. The largest absolute Gasteiger partial charge is 1.00 e. The van der Waals surface area contributed by atoms with E-state index < -0.39 is 16.1 Å². The molecule has 0 amide bonds. The van der Waals surface area contributed by atoms with Crippen molar-refractivity contribution in [3.8, 4) is 0 Å². The lowest BCUT2D eigenvalue weighted by Crippen LogP contribution is -3.00. The predicted octanol–water partition coefficient (Wildman–Crippen LogP) is 2.31. The quantitative estimate of drug-likeness (QED) is 0.393. The summed E-state index contributed by atoms with van der Waals surface area (Å²) in [5.41, 5.74) is 13.2. The third-order valence-corrected chi connectivity index (χ3v) is 13.3. The van der Waals surface area contributed by atoms with Crippen molar-refractivity contribution in [2.45, 2.75) is 76.7 Å². The van der Waals surface area contributed by atoms with Crippen LogP contribution < -0.4 is 27.6 Å². The van der Waals surface area contributed by atoms with Crippen LogP contribution in [0.2, 0.25) is 39.3 Å². The maximum atomic E-state index is 6.89. The van der Waals surface area contributed by atoms with Crippen LogP contribution in [0.4, 0.5) is 11.4 Å². The maximum Gasteiger partial charge on any atom is 0.243 e. The molecule has 3 unspecified atom stereocenters. The van der Waals surface area contributed by atoms with Crippen LogP contribution in [0.3, 0.4) is 0 Å². The number of nitrogens with two attached hydrogens (primary N) is 1. The molecule has 31 heavy (non-hydrogen) atoms. The van der Waals surface area contributed by atoms with E-state index in [1.54, 1.807) is 0 Å². The normalized spacial score (nSPS) is 19.3. The highest BCUT2D eigenvalue weighted by atomic mass is 35.5. The second kappa shape index (κ2) is 9.32. The zero-order valence-corrected chi connectivity index (χ0v) is 23.8. The molecule has 1 aromatic heterocycles. The molecule has 2 aromatic rings. The van der Waals surface area contributed by atoms with Crippen LogP contribution in [0.25, 0.3) is 0 Å². The van der Waals surface area contributed by atoms with Crippen LogP contribution in [0.5, 0.6) is 0 Å². The Morgan fingerprint density at radius 2 is 1.52 bits per heavy atom. The van der Waals surface area contributed by atoms with Gasteiger partial charge in [0.15, 0.2) is 0 Å². The van der Waals surface area contributed by atoms with Crippen molar-refractivity contribution in [1.82, 2.24) is 4.57 Å². The van der Waals surface area contributed by atoms with E-state index >= 15 is 0 Å². The van der Waals surface area contributed by atoms with E-state index in [-0.39, 0.29) is 12.4 Å². The smallest absolute Gasteiger partial charge is 0.243 e. The molecule has 0 spiro atoms. The lowest BCUT2D eigenvalue weighted by Gasteiger charge is -2.33. The molecule has 1 aromatic carbocycles. The number of nitrogens with zero attached hydrogens (tertiary/aromatic N) is 3. The molecule has 7 heteroatoms. The molecule has 0 aliphatic carbocycles. The Morgan fingerprint density at radius 3 is 1.94 bits per heavy atom. The summed E-state index contributed by atoms with van der Waals surface area (Å²) in [6, 6.07) is 5.40. The Hall–Kier alpha value is -1.25. The average Bonchev–Trinajstić information content (AvgIpc) is 3.28. The van der Waals surface area contributed by atoms with Crippen molar-refractivity contribution in [2.24, 2.45) is 7.05 Å². The van der Waals surface area contributed by atoms with Gasteiger partial charge in [0, 0.05) is 24.3 Å². The molecule has 4 nitrogen and oxygen atoms in total. The van der Waals surface area contributed by atoms with Crippen molar-refractivity contribution in [2.75, 3.05) is 23.7 Å². The first kappa shape index (κ1) is 26.0. The summed E-state index contributed by atoms with van der Waals surface area (Å²) in [7, 11) is -0.618. The summed E-state index contributed by atoms with van der Waals surface area (Å²) < 4.78 is 4.50. The lowest BCUT2D eigenvalue weighted by atomic mass is 10.0. The van der Waals surface area contributed by atoms with Gasteiger partial charge in [-0.2, -0.15) is 0 Å². The Labute approximate surface area is 198 Å². The summed E-state index contributed by atoms with van der Waals surface area (Å²) in [4.78, 5) is 2.59. The van der Waals surface area contributed by atoms with Gasteiger partial charge in [0.2, 0.25) is 6.33 Å². The Kier molecular flexibility index (Phi) is 7.82. The van der Waals surface area contributed by atoms with Crippen LogP contribution in [-0.2, 0) is 7.05 Å². The van der Waals surface area contributed by atoms with Gasteiger partial charge in [-0.3, -0.25) is 0 Å². The number of rotatable bonds is 6. The number of halogens is 1. The van der Waals surface area contributed by atoms with Crippen LogP contribution >= 0.6 is 0 Å². The topological polar surface area (TPSA) is 38.1 Å². The van der Waals surface area contributed by atoms with E-state index in [0.29, 0.717) is 17.1 Å². The highest BCUT2D eigenvalue weighted by Gasteiger charge is 2.33. The zero-order valence-electron chi connectivity index (χ0n) is 21.0. The van der Waals surface area contributed by atoms with Crippen LogP contribution in [0.1, 0.15) is 48.5 Å². The minimum atomic E-state index is -1.36. The predicted molar refractivity (Wildman–Crippen MR) is 136 cm³/mol. The molecule has 2 heterocycles. The molecule has 1 aliphatic heterocycles. The lowest BCUT2D eigenvalue weighted by molar-refractivity contribution is -0.671. The van der Waals surface area contributed by atoms with Crippen LogP contribution in [0.15, 0.2) is 30.9 Å². The third-order valence-electron chi connectivity index (χ3n) is 7.50. The molecule has 1 saturated heterocycles. The second-order valence-corrected chi connectivity index (χ2v) is 22.8. The molecule has 174 valence electrons. The van der Waals surface area contributed by atoms with Crippen molar-refractivity contribution in [3.63, 3.8) is 0 Å². The van der Waals surface area contributed by atoms with Gasteiger partial charge in [-0.15, -0.1) is 0 Å². The summed E-state index contributed by atoms with van der Waals surface area (Å²) in [6.45, 7) is 21.7. The minimum Gasteiger partial charge on any atom is -1.00 e.